The Morgan fingerprint density at radius 3 is 2.24 bits per heavy atom. The zero-order chi connectivity index (χ0) is 12.3. The van der Waals surface area contributed by atoms with Crippen molar-refractivity contribution < 1.29 is 0 Å². The quantitative estimate of drug-likeness (QED) is 0.720. The van der Waals surface area contributed by atoms with E-state index < -0.39 is 0 Å². The molecule has 4 aliphatic carbocycles. The SMILES string of the molecule is CC(C)=CC(N)C12CC3CC(CC(C)(C3)C1)C2. The van der Waals surface area contributed by atoms with E-state index in [1.807, 2.05) is 0 Å². The highest BCUT2D eigenvalue weighted by molar-refractivity contribution is 5.15. The van der Waals surface area contributed by atoms with Gasteiger partial charge in [-0.3, -0.25) is 0 Å². The molecular weight excluding hydrogens is 206 g/mol. The van der Waals surface area contributed by atoms with E-state index in [0.29, 0.717) is 16.9 Å². The summed E-state index contributed by atoms with van der Waals surface area (Å²) in [5, 5.41) is 0. The number of hydrogen-bond donors (Lipinski definition) is 1. The standard InChI is InChI=1S/C16H27N/c1-11(2)4-14(17)16-8-12-5-13(9-16)7-15(3,6-12)10-16/h4,12-14H,5-10,17H2,1-3H3. The van der Waals surface area contributed by atoms with Gasteiger partial charge >= 0.3 is 0 Å². The summed E-state index contributed by atoms with van der Waals surface area (Å²) in [5.41, 5.74) is 9.02. The van der Waals surface area contributed by atoms with Gasteiger partial charge in [0.1, 0.15) is 0 Å². The Kier molecular flexibility index (Phi) is 2.49. The van der Waals surface area contributed by atoms with Gasteiger partial charge in [-0.05, 0) is 75.0 Å². The van der Waals surface area contributed by atoms with Crippen molar-refractivity contribution in [2.24, 2.45) is 28.4 Å². The first-order valence-corrected chi connectivity index (χ1v) is 7.31. The van der Waals surface area contributed by atoms with Crippen molar-refractivity contribution in [1.29, 1.82) is 0 Å². The molecule has 1 heteroatoms. The Labute approximate surface area is 106 Å². The molecule has 4 fully saturated rings. The van der Waals surface area contributed by atoms with E-state index in [0.717, 1.165) is 11.8 Å². The first kappa shape index (κ1) is 11.8. The van der Waals surface area contributed by atoms with Crippen molar-refractivity contribution in [3.05, 3.63) is 11.6 Å². The van der Waals surface area contributed by atoms with Crippen LogP contribution in [-0.4, -0.2) is 6.04 Å². The van der Waals surface area contributed by atoms with Crippen LogP contribution in [0.5, 0.6) is 0 Å². The van der Waals surface area contributed by atoms with Crippen LogP contribution in [0.2, 0.25) is 0 Å². The van der Waals surface area contributed by atoms with Crippen molar-refractivity contribution >= 4 is 0 Å². The fourth-order valence-electron chi connectivity index (χ4n) is 5.72. The lowest BCUT2D eigenvalue weighted by Gasteiger charge is -2.62. The highest BCUT2D eigenvalue weighted by atomic mass is 14.7. The van der Waals surface area contributed by atoms with E-state index >= 15 is 0 Å². The third-order valence-electron chi connectivity index (χ3n) is 5.62. The first-order valence-electron chi connectivity index (χ1n) is 7.31. The molecule has 0 aliphatic heterocycles. The van der Waals surface area contributed by atoms with Crippen molar-refractivity contribution in [3.63, 3.8) is 0 Å². The van der Waals surface area contributed by atoms with Crippen molar-refractivity contribution in [2.45, 2.75) is 65.3 Å². The van der Waals surface area contributed by atoms with Gasteiger partial charge in [0.15, 0.2) is 0 Å². The summed E-state index contributed by atoms with van der Waals surface area (Å²) in [7, 11) is 0. The van der Waals surface area contributed by atoms with Gasteiger partial charge in [0.25, 0.3) is 0 Å². The average Bonchev–Trinajstić information content (AvgIpc) is 2.11. The predicted octanol–water partition coefficient (Wildman–Crippen LogP) is 3.89. The zero-order valence-corrected chi connectivity index (χ0v) is 11.6. The summed E-state index contributed by atoms with van der Waals surface area (Å²) in [4.78, 5) is 0. The molecule has 0 amide bonds. The molecule has 4 aliphatic rings. The first-order chi connectivity index (χ1) is 7.91. The molecule has 1 nitrogen and oxygen atoms in total. The summed E-state index contributed by atoms with van der Waals surface area (Å²) < 4.78 is 0. The fourth-order valence-corrected chi connectivity index (χ4v) is 5.72. The van der Waals surface area contributed by atoms with Crippen molar-refractivity contribution in [2.75, 3.05) is 0 Å². The second kappa shape index (κ2) is 3.60. The maximum atomic E-state index is 6.56. The molecule has 0 aromatic carbocycles. The maximum absolute atomic E-state index is 6.56. The Hall–Kier alpha value is -0.300. The van der Waals surface area contributed by atoms with Crippen molar-refractivity contribution in [3.8, 4) is 0 Å². The van der Waals surface area contributed by atoms with Crippen LogP contribution in [0.1, 0.15) is 59.3 Å². The van der Waals surface area contributed by atoms with Gasteiger partial charge in [-0.2, -0.15) is 0 Å². The average molecular weight is 233 g/mol. The normalized spacial score (nSPS) is 49.2. The number of nitrogens with two attached hydrogens (primary N) is 1. The molecule has 3 unspecified atom stereocenters. The summed E-state index contributed by atoms with van der Waals surface area (Å²) in [5.74, 6) is 1.97. The third-order valence-corrected chi connectivity index (χ3v) is 5.62. The summed E-state index contributed by atoms with van der Waals surface area (Å²) in [6.45, 7) is 6.89. The van der Waals surface area contributed by atoms with Gasteiger partial charge in [0.05, 0.1) is 0 Å². The van der Waals surface area contributed by atoms with Gasteiger partial charge in [-0.1, -0.05) is 18.6 Å². The molecular formula is C16H27N. The van der Waals surface area contributed by atoms with Crippen LogP contribution in [0.15, 0.2) is 11.6 Å². The van der Waals surface area contributed by atoms with Crippen LogP contribution in [0.4, 0.5) is 0 Å². The lowest BCUT2D eigenvalue weighted by Crippen LogP contribution is -2.57. The molecule has 4 saturated carbocycles. The van der Waals surface area contributed by atoms with Crippen LogP contribution >= 0.6 is 0 Å². The summed E-state index contributed by atoms with van der Waals surface area (Å²) in [6.07, 6.45) is 11.0. The molecule has 4 bridgehead atoms. The zero-order valence-electron chi connectivity index (χ0n) is 11.6. The van der Waals surface area contributed by atoms with E-state index in [9.17, 15) is 0 Å². The minimum Gasteiger partial charge on any atom is -0.324 e. The van der Waals surface area contributed by atoms with Gasteiger partial charge < -0.3 is 5.73 Å². The molecule has 17 heavy (non-hydrogen) atoms. The number of rotatable bonds is 2. The molecule has 2 N–H and O–H groups in total. The minimum atomic E-state index is 0.303. The highest BCUT2D eigenvalue weighted by Gasteiger charge is 2.57. The second-order valence-electron chi connectivity index (χ2n) is 7.90. The van der Waals surface area contributed by atoms with Gasteiger partial charge in [-0.15, -0.1) is 0 Å². The van der Waals surface area contributed by atoms with Crippen molar-refractivity contribution in [1.82, 2.24) is 0 Å². The topological polar surface area (TPSA) is 26.0 Å². The fraction of sp³-hybridized carbons (Fsp3) is 0.875. The molecule has 0 aromatic heterocycles. The maximum Gasteiger partial charge on any atom is 0.0283 e. The molecule has 0 aromatic rings. The lowest BCUT2D eigenvalue weighted by atomic mass is 9.43. The summed E-state index contributed by atoms with van der Waals surface area (Å²) in [6, 6.07) is 0.303. The Bertz CT molecular complexity index is 337. The van der Waals surface area contributed by atoms with Crippen LogP contribution in [-0.2, 0) is 0 Å². The lowest BCUT2D eigenvalue weighted by molar-refractivity contribution is -0.106. The van der Waals surface area contributed by atoms with Gasteiger partial charge in [0, 0.05) is 6.04 Å². The Morgan fingerprint density at radius 1 is 1.18 bits per heavy atom. The smallest absolute Gasteiger partial charge is 0.0283 e. The predicted molar refractivity (Wildman–Crippen MR) is 72.6 cm³/mol. The number of allylic oxidation sites excluding steroid dienone is 1. The Balaban J connectivity index is 1.90. The molecule has 0 heterocycles. The Morgan fingerprint density at radius 2 is 1.76 bits per heavy atom. The molecule has 4 rings (SSSR count). The van der Waals surface area contributed by atoms with E-state index in [4.69, 9.17) is 5.73 Å². The van der Waals surface area contributed by atoms with E-state index in [1.54, 1.807) is 0 Å². The van der Waals surface area contributed by atoms with E-state index in [-0.39, 0.29) is 0 Å². The van der Waals surface area contributed by atoms with E-state index in [1.165, 1.54) is 44.1 Å². The second-order valence-corrected chi connectivity index (χ2v) is 7.90. The van der Waals surface area contributed by atoms with Crippen LogP contribution in [0.3, 0.4) is 0 Å². The monoisotopic (exact) mass is 233 g/mol. The van der Waals surface area contributed by atoms with E-state index in [2.05, 4.69) is 26.8 Å². The van der Waals surface area contributed by atoms with Gasteiger partial charge in [0.2, 0.25) is 0 Å². The largest absolute Gasteiger partial charge is 0.324 e. The van der Waals surface area contributed by atoms with Crippen LogP contribution in [0.25, 0.3) is 0 Å². The molecule has 0 radical (unpaired) electrons. The number of hydrogen-bond acceptors (Lipinski definition) is 1. The summed E-state index contributed by atoms with van der Waals surface area (Å²) >= 11 is 0. The van der Waals surface area contributed by atoms with Gasteiger partial charge in [-0.25, -0.2) is 0 Å². The minimum absolute atomic E-state index is 0.303. The van der Waals surface area contributed by atoms with Crippen LogP contribution in [0, 0.1) is 22.7 Å². The molecule has 0 saturated heterocycles. The third kappa shape index (κ3) is 1.87. The molecule has 96 valence electrons. The van der Waals surface area contributed by atoms with Crippen LogP contribution < -0.4 is 5.73 Å². The molecule has 0 spiro atoms. The molecule has 3 atom stereocenters. The highest BCUT2D eigenvalue weighted by Crippen LogP contribution is 2.65.